The van der Waals surface area contributed by atoms with Crippen molar-refractivity contribution in [2.24, 2.45) is 5.73 Å². The Bertz CT molecular complexity index is 1060. The van der Waals surface area contributed by atoms with Crippen molar-refractivity contribution in [1.82, 2.24) is 0 Å². The molecule has 3 unspecified atom stereocenters. The van der Waals surface area contributed by atoms with Gasteiger partial charge < -0.3 is 25.2 Å². The third kappa shape index (κ3) is 36.0. The van der Waals surface area contributed by atoms with Gasteiger partial charge in [-0.2, -0.15) is 0 Å². The number of carbonyl (C=O) groups excluding carboxylic acids is 1. The molecule has 0 amide bonds. The SMILES string of the molecule is CC/C=C\C/C=C\C/C=C\C/C=C\C/C=C\CCCCCC(=O)OC(COCCCCCCCCCCCCC)COP(=O)(O)OCC(N)C(=O)O. The molecule has 0 saturated carbocycles. The highest BCUT2D eigenvalue weighted by Crippen LogP contribution is 2.43. The number of carboxylic acid groups (broad SMARTS) is 1. The van der Waals surface area contributed by atoms with Crippen LogP contribution in [0.15, 0.2) is 60.8 Å². The van der Waals surface area contributed by atoms with Crippen molar-refractivity contribution in [3.05, 3.63) is 60.8 Å². The van der Waals surface area contributed by atoms with Gasteiger partial charge in [-0.3, -0.25) is 18.6 Å². The largest absolute Gasteiger partial charge is 0.480 e. The van der Waals surface area contributed by atoms with Crippen LogP contribution in [0.2, 0.25) is 0 Å². The Labute approximate surface area is 315 Å². The Balaban J connectivity index is 4.35. The van der Waals surface area contributed by atoms with Crippen LogP contribution in [0, 0.1) is 0 Å². The number of allylic oxidation sites excluding steroid dienone is 10. The number of aliphatic carboxylic acids is 1. The zero-order valence-electron chi connectivity index (χ0n) is 32.4. The molecule has 0 spiro atoms. The first kappa shape index (κ1) is 49.7. The average molecular weight is 754 g/mol. The van der Waals surface area contributed by atoms with Gasteiger partial charge >= 0.3 is 19.8 Å². The molecular weight excluding hydrogens is 681 g/mol. The van der Waals surface area contributed by atoms with Crippen molar-refractivity contribution < 1.29 is 42.7 Å². The molecule has 10 nitrogen and oxygen atoms in total. The molecule has 52 heavy (non-hydrogen) atoms. The predicted molar refractivity (Wildman–Crippen MR) is 212 cm³/mol. The van der Waals surface area contributed by atoms with Crippen molar-refractivity contribution in [3.63, 3.8) is 0 Å². The van der Waals surface area contributed by atoms with Gasteiger partial charge in [-0.1, -0.05) is 145 Å². The summed E-state index contributed by atoms with van der Waals surface area (Å²) in [6.45, 7) is 3.70. The maximum absolute atomic E-state index is 12.6. The smallest absolute Gasteiger partial charge is 0.472 e. The second-order valence-electron chi connectivity index (χ2n) is 13.0. The minimum Gasteiger partial charge on any atom is -0.480 e. The highest BCUT2D eigenvalue weighted by molar-refractivity contribution is 7.47. The van der Waals surface area contributed by atoms with Crippen molar-refractivity contribution in [1.29, 1.82) is 0 Å². The van der Waals surface area contributed by atoms with E-state index in [1.165, 1.54) is 51.4 Å². The van der Waals surface area contributed by atoms with Crippen LogP contribution >= 0.6 is 7.82 Å². The molecule has 0 rings (SSSR count). The van der Waals surface area contributed by atoms with Crippen LogP contribution in [0.1, 0.15) is 149 Å². The fourth-order valence-corrected chi connectivity index (χ4v) is 5.76. The van der Waals surface area contributed by atoms with Crippen molar-refractivity contribution in [2.75, 3.05) is 26.4 Å². The predicted octanol–water partition coefficient (Wildman–Crippen LogP) is 10.5. The molecule has 0 saturated heterocycles. The summed E-state index contributed by atoms with van der Waals surface area (Å²) in [6, 6.07) is -1.48. The number of ether oxygens (including phenoxy) is 2. The van der Waals surface area contributed by atoms with Gasteiger partial charge in [0.15, 0.2) is 0 Å². The minimum absolute atomic E-state index is 0.00219. The third-order valence-electron chi connectivity index (χ3n) is 8.06. The van der Waals surface area contributed by atoms with E-state index in [2.05, 4.69) is 79.1 Å². The molecule has 0 aliphatic rings. The quantitative estimate of drug-likeness (QED) is 0.0242. The van der Waals surface area contributed by atoms with E-state index in [1.807, 2.05) is 0 Å². The number of phosphoric acid groups is 1. The van der Waals surface area contributed by atoms with Crippen LogP contribution in [0.4, 0.5) is 0 Å². The van der Waals surface area contributed by atoms with Crippen LogP contribution in [-0.4, -0.2) is 60.5 Å². The van der Waals surface area contributed by atoms with E-state index in [9.17, 15) is 19.0 Å². The van der Waals surface area contributed by atoms with E-state index in [-0.39, 0.29) is 13.0 Å². The van der Waals surface area contributed by atoms with E-state index in [0.717, 1.165) is 70.6 Å². The van der Waals surface area contributed by atoms with Gasteiger partial charge in [0, 0.05) is 13.0 Å². The number of hydrogen-bond acceptors (Lipinski definition) is 8. The molecule has 3 atom stereocenters. The summed E-state index contributed by atoms with van der Waals surface area (Å²) in [5.41, 5.74) is 5.34. The minimum atomic E-state index is -4.62. The van der Waals surface area contributed by atoms with E-state index >= 15 is 0 Å². The lowest BCUT2D eigenvalue weighted by Crippen LogP contribution is -2.34. The van der Waals surface area contributed by atoms with Crippen molar-refractivity contribution in [2.45, 2.75) is 161 Å². The Kier molecular flexibility index (Phi) is 35.3. The molecule has 0 aliphatic heterocycles. The molecule has 0 aromatic heterocycles. The lowest BCUT2D eigenvalue weighted by molar-refractivity contribution is -0.154. The van der Waals surface area contributed by atoms with Gasteiger partial charge in [0.25, 0.3) is 0 Å². The Morgan fingerprint density at radius 2 is 1.12 bits per heavy atom. The summed E-state index contributed by atoms with van der Waals surface area (Å²) >= 11 is 0. The number of rotatable bonds is 37. The van der Waals surface area contributed by atoms with Crippen LogP contribution in [0.25, 0.3) is 0 Å². The lowest BCUT2D eigenvalue weighted by atomic mass is 10.1. The maximum atomic E-state index is 12.6. The first-order valence-corrected chi connectivity index (χ1v) is 21.3. The van der Waals surface area contributed by atoms with Gasteiger partial charge in [-0.15, -0.1) is 0 Å². The number of hydrogen-bond donors (Lipinski definition) is 3. The summed E-state index contributed by atoms with van der Waals surface area (Å²) in [7, 11) is -4.62. The summed E-state index contributed by atoms with van der Waals surface area (Å²) in [5, 5.41) is 8.87. The first-order chi connectivity index (χ1) is 25.2. The van der Waals surface area contributed by atoms with Crippen molar-refractivity contribution in [3.8, 4) is 0 Å². The number of esters is 1. The molecule has 0 aromatic carbocycles. The average Bonchev–Trinajstić information content (AvgIpc) is 3.12. The van der Waals surface area contributed by atoms with Crippen LogP contribution in [0.5, 0.6) is 0 Å². The number of nitrogens with two attached hydrogens (primary N) is 1. The summed E-state index contributed by atoms with van der Waals surface area (Å²) in [4.78, 5) is 33.4. The maximum Gasteiger partial charge on any atom is 0.472 e. The Morgan fingerprint density at radius 3 is 1.65 bits per heavy atom. The molecule has 0 bridgehead atoms. The molecule has 11 heteroatoms. The summed E-state index contributed by atoms with van der Waals surface area (Å²) < 4.78 is 33.2. The first-order valence-electron chi connectivity index (χ1n) is 19.8. The van der Waals surface area contributed by atoms with Crippen molar-refractivity contribution >= 4 is 19.8 Å². The second kappa shape index (κ2) is 37.0. The van der Waals surface area contributed by atoms with Crippen LogP contribution in [-0.2, 0) is 32.7 Å². The van der Waals surface area contributed by atoms with Crippen LogP contribution in [0.3, 0.4) is 0 Å². The molecule has 0 heterocycles. The molecule has 0 fully saturated rings. The number of unbranched alkanes of at least 4 members (excludes halogenated alkanes) is 13. The van der Waals surface area contributed by atoms with Crippen LogP contribution < -0.4 is 5.73 Å². The molecule has 0 aromatic rings. The van der Waals surface area contributed by atoms with Gasteiger partial charge in [-0.05, 0) is 57.8 Å². The Hall–Kier alpha value is -2.33. The Morgan fingerprint density at radius 1 is 0.635 bits per heavy atom. The number of carbonyl (C=O) groups is 2. The normalized spacial score (nSPS) is 14.7. The van der Waals surface area contributed by atoms with Gasteiger partial charge in [0.1, 0.15) is 12.1 Å². The topological polar surface area (TPSA) is 155 Å². The number of carboxylic acids is 1. The summed E-state index contributed by atoms with van der Waals surface area (Å²) in [6.07, 6.45) is 42.7. The number of phosphoric ester groups is 1. The zero-order chi connectivity index (χ0) is 38.4. The monoisotopic (exact) mass is 753 g/mol. The fraction of sp³-hybridized carbons (Fsp3) is 0.707. The molecule has 300 valence electrons. The fourth-order valence-electron chi connectivity index (χ4n) is 4.98. The molecule has 0 aliphatic carbocycles. The molecule has 0 radical (unpaired) electrons. The summed E-state index contributed by atoms with van der Waals surface area (Å²) in [5.74, 6) is -1.82. The van der Waals surface area contributed by atoms with Gasteiger partial charge in [-0.25, -0.2) is 4.57 Å². The van der Waals surface area contributed by atoms with E-state index in [1.54, 1.807) is 0 Å². The second-order valence-corrected chi connectivity index (χ2v) is 14.5. The molecule has 4 N–H and O–H groups in total. The van der Waals surface area contributed by atoms with Gasteiger partial charge in [0.05, 0.1) is 19.8 Å². The molecular formula is C41H72NO9P. The third-order valence-corrected chi connectivity index (χ3v) is 9.01. The highest BCUT2D eigenvalue weighted by atomic mass is 31.2. The van der Waals surface area contributed by atoms with E-state index < -0.39 is 45.1 Å². The standard InChI is InChI=1S/C41H72NO9P/c1-3-5-7-9-11-13-15-16-17-18-19-20-21-22-23-25-27-29-31-33-40(43)51-38(36-49-52(46,47)50-37-39(42)41(44)45)35-48-34-32-30-28-26-24-14-12-10-8-6-4-2/h5,7,11,13,16-17,19-20,22-23,38-39H,3-4,6,8-10,12,14-15,18,21,24-37,42H2,1-2H3,(H,44,45)(H,46,47)/b7-5-,13-11-,17-16-,20-19-,23-22-. The van der Waals surface area contributed by atoms with E-state index in [0.29, 0.717) is 13.0 Å². The van der Waals surface area contributed by atoms with Gasteiger partial charge in [0.2, 0.25) is 0 Å². The highest BCUT2D eigenvalue weighted by Gasteiger charge is 2.27. The zero-order valence-corrected chi connectivity index (χ0v) is 33.3. The van der Waals surface area contributed by atoms with E-state index in [4.69, 9.17) is 24.8 Å². The lowest BCUT2D eigenvalue weighted by Gasteiger charge is -2.20.